The van der Waals surface area contributed by atoms with Crippen LogP contribution in [0.25, 0.3) is 0 Å². The number of nitrogens with two attached hydrogens (primary N) is 1. The number of ether oxygens (including phenoxy) is 1. The normalized spacial score (nSPS) is 11.9. The Morgan fingerprint density at radius 3 is 2.64 bits per heavy atom. The molecule has 3 N–H and O–H groups in total. The molecule has 0 aliphatic heterocycles. The van der Waals surface area contributed by atoms with Gasteiger partial charge in [0.1, 0.15) is 6.61 Å². The van der Waals surface area contributed by atoms with Crippen LogP contribution >= 0.6 is 0 Å². The van der Waals surface area contributed by atoms with Crippen LogP contribution in [0.4, 0.5) is 14.5 Å². The number of anilines is 1. The molecule has 0 atom stereocenters. The van der Waals surface area contributed by atoms with Gasteiger partial charge in [-0.25, -0.2) is 18.7 Å². The molecule has 25 heavy (non-hydrogen) atoms. The number of hydrogen-bond acceptors (Lipinski definition) is 6. The van der Waals surface area contributed by atoms with Gasteiger partial charge in [0.05, 0.1) is 11.3 Å². The quantitative estimate of drug-likeness (QED) is 0.748. The molecule has 0 fully saturated rings. The molecule has 0 unspecified atom stereocenters. The van der Waals surface area contributed by atoms with E-state index in [2.05, 4.69) is 15.3 Å². The Kier molecular flexibility index (Phi) is 5.63. The SMILES string of the molecule is CC(=O)c1cnc(OC/C(N)=C/Nc2cccc(C(C)(F)F)c2)nc1. The van der Waals surface area contributed by atoms with Gasteiger partial charge in [0.2, 0.25) is 0 Å². The van der Waals surface area contributed by atoms with E-state index in [0.29, 0.717) is 16.9 Å². The monoisotopic (exact) mass is 348 g/mol. The minimum Gasteiger partial charge on any atom is -0.457 e. The van der Waals surface area contributed by atoms with Crippen LogP contribution in [0, 0.1) is 0 Å². The van der Waals surface area contributed by atoms with Crippen molar-refractivity contribution in [3.05, 3.63) is 59.7 Å². The highest BCUT2D eigenvalue weighted by molar-refractivity contribution is 5.93. The molecule has 1 aromatic carbocycles. The number of Topliss-reactive ketones (excluding diaryl/α,β-unsaturated/α-hetero) is 1. The molecule has 0 aliphatic rings. The predicted molar refractivity (Wildman–Crippen MR) is 89.4 cm³/mol. The largest absolute Gasteiger partial charge is 0.457 e. The fourth-order valence-electron chi connectivity index (χ4n) is 1.82. The van der Waals surface area contributed by atoms with Crippen LogP contribution in [0.1, 0.15) is 29.8 Å². The summed E-state index contributed by atoms with van der Waals surface area (Å²) in [4.78, 5) is 18.9. The Labute approximate surface area is 143 Å². The molecule has 132 valence electrons. The number of rotatable bonds is 7. The van der Waals surface area contributed by atoms with E-state index in [0.717, 1.165) is 6.92 Å². The summed E-state index contributed by atoms with van der Waals surface area (Å²) in [5.74, 6) is -3.06. The van der Waals surface area contributed by atoms with Crippen molar-refractivity contribution >= 4 is 11.5 Å². The summed E-state index contributed by atoms with van der Waals surface area (Å²) in [6.07, 6.45) is 4.16. The van der Waals surface area contributed by atoms with Gasteiger partial charge in [0, 0.05) is 36.8 Å². The smallest absolute Gasteiger partial charge is 0.316 e. The molecular formula is C17H18F2N4O2. The van der Waals surface area contributed by atoms with Crippen molar-refractivity contribution in [2.45, 2.75) is 19.8 Å². The summed E-state index contributed by atoms with van der Waals surface area (Å²) < 4.78 is 31.9. The van der Waals surface area contributed by atoms with E-state index < -0.39 is 5.92 Å². The van der Waals surface area contributed by atoms with E-state index in [1.165, 1.54) is 43.7 Å². The second-order valence-electron chi connectivity index (χ2n) is 5.43. The number of aromatic nitrogens is 2. The minimum atomic E-state index is -2.92. The maximum absolute atomic E-state index is 13.3. The summed E-state index contributed by atoms with van der Waals surface area (Å²) in [6.45, 7) is 2.24. The summed E-state index contributed by atoms with van der Waals surface area (Å²) in [5.41, 5.74) is 6.86. The molecule has 0 spiro atoms. The number of carbonyl (C=O) groups is 1. The number of nitrogens with zero attached hydrogens (tertiary/aromatic N) is 2. The van der Waals surface area contributed by atoms with Crippen LogP contribution < -0.4 is 15.8 Å². The zero-order valence-corrected chi connectivity index (χ0v) is 13.8. The highest BCUT2D eigenvalue weighted by Gasteiger charge is 2.23. The fourth-order valence-corrected chi connectivity index (χ4v) is 1.82. The zero-order chi connectivity index (χ0) is 18.4. The van der Waals surface area contributed by atoms with E-state index in [4.69, 9.17) is 10.5 Å². The van der Waals surface area contributed by atoms with E-state index in [1.54, 1.807) is 6.07 Å². The van der Waals surface area contributed by atoms with Gasteiger partial charge in [-0.2, -0.15) is 0 Å². The van der Waals surface area contributed by atoms with Gasteiger partial charge in [-0.05, 0) is 19.1 Å². The van der Waals surface area contributed by atoms with Crippen molar-refractivity contribution in [2.24, 2.45) is 5.73 Å². The van der Waals surface area contributed by atoms with Gasteiger partial charge in [0.15, 0.2) is 5.78 Å². The third-order valence-corrected chi connectivity index (χ3v) is 3.20. The van der Waals surface area contributed by atoms with E-state index in [-0.39, 0.29) is 24.0 Å². The Balaban J connectivity index is 1.92. The average molecular weight is 348 g/mol. The third kappa shape index (κ3) is 5.52. The van der Waals surface area contributed by atoms with Crippen molar-refractivity contribution in [1.29, 1.82) is 0 Å². The molecule has 0 saturated carbocycles. The molecule has 1 aromatic heterocycles. The van der Waals surface area contributed by atoms with Crippen molar-refractivity contribution in [2.75, 3.05) is 11.9 Å². The Hall–Kier alpha value is -3.03. The molecule has 2 rings (SSSR count). The Morgan fingerprint density at radius 1 is 1.36 bits per heavy atom. The van der Waals surface area contributed by atoms with Gasteiger partial charge in [-0.15, -0.1) is 0 Å². The third-order valence-electron chi connectivity index (χ3n) is 3.20. The first-order valence-electron chi connectivity index (χ1n) is 7.41. The van der Waals surface area contributed by atoms with Gasteiger partial charge in [-0.3, -0.25) is 4.79 Å². The number of halogens is 2. The highest BCUT2D eigenvalue weighted by atomic mass is 19.3. The van der Waals surface area contributed by atoms with Gasteiger partial charge in [-0.1, -0.05) is 12.1 Å². The second kappa shape index (κ2) is 7.69. The number of alkyl halides is 2. The molecule has 0 aliphatic carbocycles. The van der Waals surface area contributed by atoms with Crippen LogP contribution in [0.2, 0.25) is 0 Å². The number of carbonyl (C=O) groups excluding carboxylic acids is 1. The zero-order valence-electron chi connectivity index (χ0n) is 13.8. The molecule has 2 aromatic rings. The lowest BCUT2D eigenvalue weighted by atomic mass is 10.1. The topological polar surface area (TPSA) is 90.1 Å². The molecular weight excluding hydrogens is 330 g/mol. The van der Waals surface area contributed by atoms with Gasteiger partial charge in [0.25, 0.3) is 5.92 Å². The lowest BCUT2D eigenvalue weighted by molar-refractivity contribution is 0.0175. The number of nitrogens with one attached hydrogen (secondary N) is 1. The Morgan fingerprint density at radius 2 is 2.04 bits per heavy atom. The molecule has 1 heterocycles. The van der Waals surface area contributed by atoms with Crippen LogP contribution in [-0.2, 0) is 5.92 Å². The fraction of sp³-hybridized carbons (Fsp3) is 0.235. The first kappa shape index (κ1) is 18.3. The average Bonchev–Trinajstić information content (AvgIpc) is 2.58. The standard InChI is InChI=1S/C17H18F2N4O2/c1-11(24)12-7-22-16(23-8-12)25-10-14(20)9-21-15-5-3-4-13(6-15)17(2,18)19/h3-9,21H,10,20H2,1-2H3/b14-9-. The minimum absolute atomic E-state index is 0.00392. The molecule has 0 bridgehead atoms. The highest BCUT2D eigenvalue weighted by Crippen LogP contribution is 2.28. The van der Waals surface area contributed by atoms with Crippen molar-refractivity contribution in [3.8, 4) is 6.01 Å². The maximum atomic E-state index is 13.3. The van der Waals surface area contributed by atoms with Crippen LogP contribution in [0.5, 0.6) is 6.01 Å². The van der Waals surface area contributed by atoms with Crippen LogP contribution in [0.15, 0.2) is 48.6 Å². The first-order chi connectivity index (χ1) is 11.8. The van der Waals surface area contributed by atoms with Crippen LogP contribution in [0.3, 0.4) is 0 Å². The van der Waals surface area contributed by atoms with Gasteiger partial charge < -0.3 is 15.8 Å². The van der Waals surface area contributed by atoms with Crippen LogP contribution in [-0.4, -0.2) is 22.4 Å². The molecule has 8 heteroatoms. The van der Waals surface area contributed by atoms with Crippen molar-refractivity contribution in [1.82, 2.24) is 9.97 Å². The lowest BCUT2D eigenvalue weighted by Crippen LogP contribution is -2.12. The Bertz CT molecular complexity index is 771. The summed E-state index contributed by atoms with van der Waals surface area (Å²) in [5, 5.41) is 2.83. The lowest BCUT2D eigenvalue weighted by Gasteiger charge is -2.12. The molecule has 0 radical (unpaired) electrons. The summed E-state index contributed by atoms with van der Waals surface area (Å²) >= 11 is 0. The van der Waals surface area contributed by atoms with E-state index >= 15 is 0 Å². The van der Waals surface area contributed by atoms with Gasteiger partial charge >= 0.3 is 6.01 Å². The van der Waals surface area contributed by atoms with Crippen molar-refractivity contribution in [3.63, 3.8) is 0 Å². The molecule has 0 saturated heterocycles. The first-order valence-corrected chi connectivity index (χ1v) is 7.41. The van der Waals surface area contributed by atoms with Crippen molar-refractivity contribution < 1.29 is 18.3 Å². The van der Waals surface area contributed by atoms with E-state index in [1.807, 2.05) is 0 Å². The second-order valence-corrected chi connectivity index (χ2v) is 5.43. The molecule has 0 amide bonds. The summed E-state index contributed by atoms with van der Waals surface area (Å²) in [7, 11) is 0. The number of hydrogen-bond donors (Lipinski definition) is 2. The molecule has 6 nitrogen and oxygen atoms in total. The van der Waals surface area contributed by atoms with E-state index in [9.17, 15) is 13.6 Å². The number of ketones is 1. The summed E-state index contributed by atoms with van der Waals surface area (Å²) in [6, 6.07) is 5.94. The number of benzene rings is 1. The maximum Gasteiger partial charge on any atom is 0.316 e. The predicted octanol–water partition coefficient (Wildman–Crippen LogP) is 3.08.